The molecule has 0 aliphatic rings. The molecule has 0 saturated heterocycles. The van der Waals surface area contributed by atoms with Crippen molar-refractivity contribution in [1.29, 1.82) is 0 Å². The summed E-state index contributed by atoms with van der Waals surface area (Å²) in [7, 11) is 1.21. The Balaban J connectivity index is 1.65. The van der Waals surface area contributed by atoms with Gasteiger partial charge in [0, 0.05) is 17.5 Å². The van der Waals surface area contributed by atoms with E-state index in [0.717, 1.165) is 21.2 Å². The molecule has 0 atom stereocenters. The smallest absolute Gasteiger partial charge is 0.410 e. The first-order valence-corrected chi connectivity index (χ1v) is 10.2. The van der Waals surface area contributed by atoms with Crippen LogP contribution in [0.2, 0.25) is 5.02 Å². The maximum Gasteiger partial charge on any atom is 0.410 e. The van der Waals surface area contributed by atoms with Crippen molar-refractivity contribution in [2.24, 2.45) is 0 Å². The Morgan fingerprint density at radius 3 is 2.73 bits per heavy atom. The lowest BCUT2D eigenvalue weighted by molar-refractivity contribution is -0.138. The lowest BCUT2D eigenvalue weighted by Gasteiger charge is -2.19. The summed E-state index contributed by atoms with van der Waals surface area (Å²) in [4.78, 5) is 28.4. The highest BCUT2D eigenvalue weighted by molar-refractivity contribution is 7.13. The molecule has 30 heavy (non-hydrogen) atoms. The molecule has 0 bridgehead atoms. The number of rotatable bonds is 8. The zero-order chi connectivity index (χ0) is 21.5. The van der Waals surface area contributed by atoms with E-state index < -0.39 is 18.6 Å². The van der Waals surface area contributed by atoms with Crippen LogP contribution < -0.4 is 4.74 Å². The van der Waals surface area contributed by atoms with E-state index in [4.69, 9.17) is 21.4 Å². The average Bonchev–Trinajstić information content (AvgIpc) is 3.20. The third-order valence-electron chi connectivity index (χ3n) is 4.07. The number of carboxylic acid groups (broad SMARTS) is 1. The van der Waals surface area contributed by atoms with Crippen LogP contribution in [0.15, 0.2) is 53.9 Å². The number of amides is 1. The normalized spacial score (nSPS) is 10.5. The zero-order valence-corrected chi connectivity index (χ0v) is 17.7. The number of carboxylic acids is 1. The number of benzene rings is 2. The highest BCUT2D eigenvalue weighted by Crippen LogP contribution is 2.30. The Morgan fingerprint density at radius 1 is 1.20 bits per heavy atom. The van der Waals surface area contributed by atoms with Crippen LogP contribution in [0.5, 0.6) is 5.75 Å². The van der Waals surface area contributed by atoms with Crippen molar-refractivity contribution in [2.75, 3.05) is 13.7 Å². The predicted molar refractivity (Wildman–Crippen MR) is 114 cm³/mol. The Kier molecular flexibility index (Phi) is 7.26. The summed E-state index contributed by atoms with van der Waals surface area (Å²) in [6, 6.07) is 14.6. The Labute approximate surface area is 182 Å². The molecule has 0 radical (unpaired) electrons. The van der Waals surface area contributed by atoms with Crippen molar-refractivity contribution < 1.29 is 24.2 Å². The molecular weight excluding hydrogens is 428 g/mol. The molecule has 2 aromatic carbocycles. The minimum atomic E-state index is -1.12. The highest BCUT2D eigenvalue weighted by Gasteiger charge is 2.18. The van der Waals surface area contributed by atoms with Gasteiger partial charge in [0.2, 0.25) is 0 Å². The van der Waals surface area contributed by atoms with Gasteiger partial charge in [-0.3, -0.25) is 9.69 Å². The van der Waals surface area contributed by atoms with Crippen LogP contribution in [-0.2, 0) is 22.7 Å². The van der Waals surface area contributed by atoms with Gasteiger partial charge in [0.1, 0.15) is 23.9 Å². The summed E-state index contributed by atoms with van der Waals surface area (Å²) in [6.45, 7) is -0.106. The molecule has 9 heteroatoms. The number of ether oxygens (including phenoxy) is 2. The Hall–Kier alpha value is -3.10. The average molecular weight is 447 g/mol. The first kappa shape index (κ1) is 21.6. The van der Waals surface area contributed by atoms with Gasteiger partial charge in [-0.2, -0.15) is 0 Å². The molecule has 1 heterocycles. The van der Waals surface area contributed by atoms with E-state index in [-0.39, 0.29) is 13.2 Å². The summed E-state index contributed by atoms with van der Waals surface area (Å²) in [5.41, 5.74) is 2.36. The number of hydrogen-bond donors (Lipinski definition) is 1. The fraction of sp³-hybridized carbons (Fsp3) is 0.190. The lowest BCUT2D eigenvalue weighted by atomic mass is 10.2. The molecule has 0 spiro atoms. The zero-order valence-electron chi connectivity index (χ0n) is 16.1. The number of carbonyl (C=O) groups is 2. The van der Waals surface area contributed by atoms with E-state index in [1.54, 1.807) is 24.3 Å². The first-order chi connectivity index (χ1) is 14.5. The van der Waals surface area contributed by atoms with Crippen molar-refractivity contribution in [2.45, 2.75) is 13.2 Å². The van der Waals surface area contributed by atoms with Crippen LogP contribution in [0.25, 0.3) is 10.6 Å². The van der Waals surface area contributed by atoms with Crippen molar-refractivity contribution in [3.05, 3.63) is 70.2 Å². The third-order valence-corrected chi connectivity index (χ3v) is 5.33. The monoisotopic (exact) mass is 446 g/mol. The number of aliphatic carboxylic acids is 1. The standard InChI is InChI=1S/C21H19ClN2O5S/c1-28-21(27)24(11-19(25)26)10-14-5-4-6-16(9-14)29-12-15-13-30-20(23-15)17-7-2-3-8-18(17)22/h2-9,13H,10-12H2,1H3,(H,25,26). The molecule has 0 saturated carbocycles. The van der Waals surface area contributed by atoms with E-state index in [1.165, 1.54) is 18.4 Å². The topological polar surface area (TPSA) is 89.0 Å². The van der Waals surface area contributed by atoms with Crippen LogP contribution in [0.3, 0.4) is 0 Å². The Bertz CT molecular complexity index is 1040. The van der Waals surface area contributed by atoms with E-state index in [0.29, 0.717) is 16.3 Å². The maximum atomic E-state index is 11.8. The summed E-state index contributed by atoms with van der Waals surface area (Å²) in [5, 5.41) is 12.4. The van der Waals surface area contributed by atoms with Gasteiger partial charge in [-0.1, -0.05) is 41.9 Å². The number of thiazole rings is 1. The van der Waals surface area contributed by atoms with Gasteiger partial charge in [0.15, 0.2) is 0 Å². The summed E-state index contributed by atoms with van der Waals surface area (Å²) >= 11 is 7.71. The van der Waals surface area contributed by atoms with E-state index in [1.807, 2.05) is 29.6 Å². The summed E-state index contributed by atoms with van der Waals surface area (Å²) in [6.07, 6.45) is -0.710. The largest absolute Gasteiger partial charge is 0.487 e. The molecule has 1 aromatic heterocycles. The molecule has 3 rings (SSSR count). The number of halogens is 1. The van der Waals surface area contributed by atoms with Gasteiger partial charge in [-0.15, -0.1) is 11.3 Å². The fourth-order valence-electron chi connectivity index (χ4n) is 2.72. The molecule has 0 aliphatic carbocycles. The van der Waals surface area contributed by atoms with Crippen molar-refractivity contribution >= 4 is 35.0 Å². The number of aromatic nitrogens is 1. The second-order valence-corrected chi connectivity index (χ2v) is 7.55. The van der Waals surface area contributed by atoms with Crippen molar-refractivity contribution in [3.63, 3.8) is 0 Å². The summed E-state index contributed by atoms with van der Waals surface area (Å²) < 4.78 is 10.5. The molecule has 0 unspecified atom stereocenters. The van der Waals surface area contributed by atoms with Crippen LogP contribution >= 0.6 is 22.9 Å². The fourth-order valence-corrected chi connectivity index (χ4v) is 3.84. The van der Waals surface area contributed by atoms with Gasteiger partial charge < -0.3 is 14.6 Å². The van der Waals surface area contributed by atoms with Gasteiger partial charge in [-0.05, 0) is 23.8 Å². The molecule has 1 N–H and O–H groups in total. The van der Waals surface area contributed by atoms with Gasteiger partial charge in [-0.25, -0.2) is 9.78 Å². The predicted octanol–water partition coefficient (Wildman–Crippen LogP) is 4.70. The van der Waals surface area contributed by atoms with E-state index in [9.17, 15) is 9.59 Å². The van der Waals surface area contributed by atoms with Crippen molar-refractivity contribution in [1.82, 2.24) is 9.88 Å². The van der Waals surface area contributed by atoms with Crippen LogP contribution in [-0.4, -0.2) is 40.7 Å². The highest BCUT2D eigenvalue weighted by atomic mass is 35.5. The minimum absolute atomic E-state index is 0.0868. The number of methoxy groups -OCH3 is 1. The quantitative estimate of drug-likeness (QED) is 0.539. The number of carbonyl (C=O) groups excluding carboxylic acids is 1. The van der Waals surface area contributed by atoms with E-state index >= 15 is 0 Å². The van der Waals surface area contributed by atoms with Gasteiger partial charge in [0.05, 0.1) is 17.8 Å². The molecule has 3 aromatic rings. The molecule has 0 fully saturated rings. The molecular formula is C21H19ClN2O5S. The van der Waals surface area contributed by atoms with Crippen LogP contribution in [0, 0.1) is 0 Å². The second-order valence-electron chi connectivity index (χ2n) is 6.28. The SMILES string of the molecule is COC(=O)N(CC(=O)O)Cc1cccc(OCc2csc(-c3ccccc3Cl)n2)c1. The molecule has 156 valence electrons. The van der Waals surface area contributed by atoms with Gasteiger partial charge >= 0.3 is 12.1 Å². The minimum Gasteiger partial charge on any atom is -0.487 e. The molecule has 0 aliphatic heterocycles. The Morgan fingerprint density at radius 2 is 2.00 bits per heavy atom. The lowest BCUT2D eigenvalue weighted by Crippen LogP contribution is -2.35. The van der Waals surface area contributed by atoms with E-state index in [2.05, 4.69) is 9.72 Å². The molecule has 7 nitrogen and oxygen atoms in total. The number of nitrogens with zero attached hydrogens (tertiary/aromatic N) is 2. The number of hydrogen-bond acceptors (Lipinski definition) is 6. The molecule has 1 amide bonds. The third kappa shape index (κ3) is 5.71. The summed E-state index contributed by atoms with van der Waals surface area (Å²) in [5.74, 6) is -0.536. The van der Waals surface area contributed by atoms with Crippen LogP contribution in [0.1, 0.15) is 11.3 Å². The van der Waals surface area contributed by atoms with Crippen LogP contribution in [0.4, 0.5) is 4.79 Å². The van der Waals surface area contributed by atoms with Gasteiger partial charge in [0.25, 0.3) is 0 Å². The van der Waals surface area contributed by atoms with Crippen molar-refractivity contribution in [3.8, 4) is 16.3 Å². The second kappa shape index (κ2) is 10.1. The maximum absolute atomic E-state index is 11.8. The first-order valence-electron chi connectivity index (χ1n) is 8.92.